The molecule has 8 heteroatoms. The number of carbonyl (C=O) groups is 2. The number of aromatic hydroxyl groups is 2. The molecule has 1 aromatic rings. The number of ether oxygens (including phenoxy) is 1. The molecule has 0 bridgehead atoms. The normalized spacial score (nSPS) is 12.6. The van der Waals surface area contributed by atoms with Gasteiger partial charge < -0.3 is 25.1 Å². The van der Waals surface area contributed by atoms with Crippen molar-refractivity contribution in [1.29, 1.82) is 0 Å². The molecule has 3 N–H and O–H groups in total. The molecule has 1 atom stereocenters. The zero-order valence-electron chi connectivity index (χ0n) is 11.7. The van der Waals surface area contributed by atoms with Crippen molar-refractivity contribution >= 4 is 12.1 Å². The number of rotatable bonds is 3. The average molecular weight is 286 g/mol. The maximum atomic E-state index is 11.7. The molecule has 0 unspecified atom stereocenters. The summed E-state index contributed by atoms with van der Waals surface area (Å²) in [6.45, 7) is 6.44. The highest BCUT2D eigenvalue weighted by Crippen LogP contribution is 2.18. The van der Waals surface area contributed by atoms with Crippen molar-refractivity contribution in [2.24, 2.45) is 0 Å². The van der Waals surface area contributed by atoms with Gasteiger partial charge in [-0.3, -0.25) is 0 Å². The van der Waals surface area contributed by atoms with Crippen LogP contribution in [0, 0.1) is 0 Å². The van der Waals surface area contributed by atoms with Crippen molar-refractivity contribution in [2.75, 3.05) is 0 Å². The first kappa shape index (κ1) is 15.7. The summed E-state index contributed by atoms with van der Waals surface area (Å²) in [6.07, 6.45) is -0.775. The minimum Gasteiger partial charge on any atom is -0.492 e. The van der Waals surface area contributed by atoms with Crippen LogP contribution in [-0.4, -0.2) is 38.6 Å². The van der Waals surface area contributed by atoms with E-state index >= 15 is 0 Å². The Morgan fingerprint density at radius 2 is 1.75 bits per heavy atom. The number of nitrogens with one attached hydrogen (secondary N) is 1. The van der Waals surface area contributed by atoms with Gasteiger partial charge in [0.05, 0.1) is 0 Å². The summed E-state index contributed by atoms with van der Waals surface area (Å²) in [5, 5.41) is 20.9. The van der Waals surface area contributed by atoms with Crippen molar-refractivity contribution in [3.63, 3.8) is 0 Å². The number of carbonyl (C=O) groups excluding carboxylic acids is 2. The largest absolute Gasteiger partial charge is 0.492 e. The van der Waals surface area contributed by atoms with Gasteiger partial charge in [-0.25, -0.2) is 9.59 Å². The van der Waals surface area contributed by atoms with Gasteiger partial charge in [0.1, 0.15) is 11.6 Å². The van der Waals surface area contributed by atoms with Crippen LogP contribution in [0.4, 0.5) is 4.79 Å². The summed E-state index contributed by atoms with van der Waals surface area (Å²) in [5.41, 5.74) is -0.690. The van der Waals surface area contributed by atoms with Gasteiger partial charge in [-0.15, -0.1) is 4.73 Å². The standard InChI is InChI=1S/C12H18N2O6/c1-7(13-11(18)19-12(2,3)4)10(17)20-14-8(15)5-6-9(14)16/h5-7,15-16H,1-4H3,(H,13,18)/t7-/m0/s1. The van der Waals surface area contributed by atoms with Gasteiger partial charge in [0.25, 0.3) is 0 Å². The van der Waals surface area contributed by atoms with Crippen molar-refractivity contribution in [3.05, 3.63) is 12.1 Å². The third-order valence-corrected chi connectivity index (χ3v) is 2.07. The summed E-state index contributed by atoms with van der Waals surface area (Å²) in [6, 6.07) is 1.27. The second-order valence-electron chi connectivity index (χ2n) is 5.12. The number of amides is 1. The maximum absolute atomic E-state index is 11.7. The topological polar surface area (TPSA) is 110 Å². The van der Waals surface area contributed by atoms with Crippen molar-refractivity contribution < 1.29 is 29.4 Å². The molecular weight excluding hydrogens is 268 g/mol. The Morgan fingerprint density at radius 3 is 2.20 bits per heavy atom. The lowest BCUT2D eigenvalue weighted by Gasteiger charge is -2.21. The monoisotopic (exact) mass is 286 g/mol. The van der Waals surface area contributed by atoms with Gasteiger partial charge in [-0.1, -0.05) is 0 Å². The number of hydrogen-bond acceptors (Lipinski definition) is 6. The van der Waals surface area contributed by atoms with E-state index in [0.29, 0.717) is 4.73 Å². The van der Waals surface area contributed by atoms with E-state index in [9.17, 15) is 19.8 Å². The Labute approximate surface area is 115 Å². The highest BCUT2D eigenvalue weighted by atomic mass is 16.7. The number of nitrogens with zero attached hydrogens (tertiary/aromatic N) is 1. The highest BCUT2D eigenvalue weighted by Gasteiger charge is 2.23. The molecule has 0 radical (unpaired) electrons. The third-order valence-electron chi connectivity index (χ3n) is 2.07. The summed E-state index contributed by atoms with van der Waals surface area (Å²) >= 11 is 0. The van der Waals surface area contributed by atoms with E-state index in [4.69, 9.17) is 9.57 Å². The molecule has 0 fully saturated rings. The fraction of sp³-hybridized carbons (Fsp3) is 0.500. The Balaban J connectivity index is 2.58. The predicted molar refractivity (Wildman–Crippen MR) is 68.2 cm³/mol. The first-order valence-corrected chi connectivity index (χ1v) is 5.91. The molecule has 0 saturated carbocycles. The Hall–Kier alpha value is -2.38. The smallest absolute Gasteiger partial charge is 0.408 e. The van der Waals surface area contributed by atoms with Crippen LogP contribution in [0.3, 0.4) is 0 Å². The van der Waals surface area contributed by atoms with Crippen LogP contribution >= 0.6 is 0 Å². The Kier molecular flexibility index (Phi) is 4.49. The molecule has 1 rings (SSSR count). The molecule has 0 aliphatic heterocycles. The van der Waals surface area contributed by atoms with Gasteiger partial charge in [-0.2, -0.15) is 0 Å². The van der Waals surface area contributed by atoms with Crippen LogP contribution in [0.25, 0.3) is 0 Å². The zero-order chi connectivity index (χ0) is 15.5. The van der Waals surface area contributed by atoms with Crippen molar-refractivity contribution in [3.8, 4) is 11.8 Å². The third kappa shape index (κ3) is 4.38. The summed E-state index contributed by atoms with van der Waals surface area (Å²) < 4.78 is 5.52. The molecule has 8 nitrogen and oxygen atoms in total. The number of aromatic nitrogens is 1. The van der Waals surface area contributed by atoms with E-state index in [1.165, 1.54) is 6.92 Å². The van der Waals surface area contributed by atoms with Gasteiger partial charge in [0.15, 0.2) is 0 Å². The molecule has 0 saturated heterocycles. The van der Waals surface area contributed by atoms with Crippen molar-refractivity contribution in [2.45, 2.75) is 39.3 Å². The molecular formula is C12H18N2O6. The Bertz CT molecular complexity index is 483. The summed E-state index contributed by atoms with van der Waals surface area (Å²) in [4.78, 5) is 27.9. The molecule has 112 valence electrons. The quantitative estimate of drug-likeness (QED) is 0.757. The second-order valence-corrected chi connectivity index (χ2v) is 5.12. The van der Waals surface area contributed by atoms with E-state index < -0.39 is 35.5 Å². The number of hydrogen-bond donors (Lipinski definition) is 3. The summed E-state index contributed by atoms with van der Waals surface area (Å²) in [5.74, 6) is -1.77. The van der Waals surface area contributed by atoms with E-state index in [1.54, 1.807) is 20.8 Å². The minimum absolute atomic E-state index is 0.444. The number of alkyl carbamates (subject to hydrolysis) is 1. The average Bonchev–Trinajstić information content (AvgIpc) is 2.57. The van der Waals surface area contributed by atoms with Crippen LogP contribution in [-0.2, 0) is 9.53 Å². The molecule has 1 heterocycles. The maximum Gasteiger partial charge on any atom is 0.408 e. The first-order chi connectivity index (χ1) is 9.10. The molecule has 0 spiro atoms. The second kappa shape index (κ2) is 5.72. The van der Waals surface area contributed by atoms with Crippen LogP contribution in [0.1, 0.15) is 27.7 Å². The van der Waals surface area contributed by atoms with Gasteiger partial charge in [0.2, 0.25) is 11.8 Å². The molecule has 20 heavy (non-hydrogen) atoms. The van der Waals surface area contributed by atoms with E-state index in [-0.39, 0.29) is 0 Å². The molecule has 0 aromatic carbocycles. The summed E-state index contributed by atoms with van der Waals surface area (Å²) in [7, 11) is 0. The van der Waals surface area contributed by atoms with E-state index in [0.717, 1.165) is 12.1 Å². The van der Waals surface area contributed by atoms with Crippen LogP contribution in [0.15, 0.2) is 12.1 Å². The van der Waals surface area contributed by atoms with E-state index in [2.05, 4.69) is 5.32 Å². The van der Waals surface area contributed by atoms with Crippen LogP contribution in [0.2, 0.25) is 0 Å². The molecule has 1 aromatic heterocycles. The SMILES string of the molecule is C[C@H](NC(=O)OC(C)(C)C)C(=O)On1c(O)ccc1O. The van der Waals surface area contributed by atoms with E-state index in [1.807, 2.05) is 0 Å². The van der Waals surface area contributed by atoms with Gasteiger partial charge >= 0.3 is 12.1 Å². The lowest BCUT2D eigenvalue weighted by atomic mass is 10.2. The van der Waals surface area contributed by atoms with Crippen molar-refractivity contribution in [1.82, 2.24) is 10.0 Å². The van der Waals surface area contributed by atoms with Gasteiger partial charge in [-0.05, 0) is 27.7 Å². The minimum atomic E-state index is -1.02. The fourth-order valence-corrected chi connectivity index (χ4v) is 1.21. The zero-order valence-corrected chi connectivity index (χ0v) is 11.7. The molecule has 0 aliphatic carbocycles. The lowest BCUT2D eigenvalue weighted by Crippen LogP contribution is -2.44. The predicted octanol–water partition coefficient (Wildman–Crippen LogP) is 0.768. The fourth-order valence-electron chi connectivity index (χ4n) is 1.21. The van der Waals surface area contributed by atoms with Crippen LogP contribution < -0.4 is 10.2 Å². The first-order valence-electron chi connectivity index (χ1n) is 5.91. The van der Waals surface area contributed by atoms with Crippen LogP contribution in [0.5, 0.6) is 11.8 Å². The lowest BCUT2D eigenvalue weighted by molar-refractivity contribution is -0.147. The van der Waals surface area contributed by atoms with Gasteiger partial charge in [0, 0.05) is 12.1 Å². The highest BCUT2D eigenvalue weighted by molar-refractivity contribution is 5.81. The molecule has 0 aliphatic rings. The Morgan fingerprint density at radius 1 is 1.25 bits per heavy atom. The molecule has 1 amide bonds.